The third kappa shape index (κ3) is 2.96. The van der Waals surface area contributed by atoms with Crippen LogP contribution in [0.4, 0.5) is 0 Å². The number of carbonyl (C=O) groups excluding carboxylic acids is 1. The summed E-state index contributed by atoms with van der Waals surface area (Å²) in [5.41, 5.74) is 1.14. The van der Waals surface area contributed by atoms with Crippen molar-refractivity contribution in [2.24, 2.45) is 0 Å². The molecule has 2 aromatic rings. The molecule has 1 aromatic heterocycles. The van der Waals surface area contributed by atoms with Crippen LogP contribution in [-0.2, 0) is 4.74 Å². The van der Waals surface area contributed by atoms with Gasteiger partial charge in [-0.15, -0.1) is 11.3 Å². The number of esters is 1. The van der Waals surface area contributed by atoms with Gasteiger partial charge in [-0.3, -0.25) is 0 Å². The number of hydrogen-bond donors (Lipinski definition) is 0. The fourth-order valence-corrected chi connectivity index (χ4v) is 3.12. The van der Waals surface area contributed by atoms with Gasteiger partial charge in [0, 0.05) is 5.56 Å². The van der Waals surface area contributed by atoms with E-state index in [0.29, 0.717) is 16.2 Å². The largest absolute Gasteiger partial charge is 0.493 e. The second-order valence-corrected chi connectivity index (χ2v) is 5.84. The van der Waals surface area contributed by atoms with Crippen LogP contribution < -0.4 is 4.74 Å². The van der Waals surface area contributed by atoms with Crippen molar-refractivity contribution >= 4 is 33.2 Å². The first-order chi connectivity index (χ1) is 9.17. The van der Waals surface area contributed by atoms with Crippen molar-refractivity contribution in [3.05, 3.63) is 33.9 Å². The lowest BCUT2D eigenvalue weighted by molar-refractivity contribution is 0.0595. The highest BCUT2D eigenvalue weighted by atomic mass is 79.9. The summed E-state index contributed by atoms with van der Waals surface area (Å²) in [5.74, 6) is 0.273. The molecule has 1 aromatic carbocycles. The molecule has 0 N–H and O–H groups in total. The fourth-order valence-electron chi connectivity index (χ4n) is 1.65. The molecule has 6 heteroatoms. The number of methoxy groups -OCH3 is 1. The molecule has 0 atom stereocenters. The number of ether oxygens (including phenoxy) is 2. The normalized spacial score (nSPS) is 10.3. The van der Waals surface area contributed by atoms with E-state index in [9.17, 15) is 4.79 Å². The minimum atomic E-state index is -0.455. The summed E-state index contributed by atoms with van der Waals surface area (Å²) < 4.78 is 11.0. The van der Waals surface area contributed by atoms with Gasteiger partial charge in [0.1, 0.15) is 5.75 Å². The number of hydrogen-bond acceptors (Lipinski definition) is 5. The number of para-hydroxylation sites is 1. The van der Waals surface area contributed by atoms with E-state index in [0.717, 1.165) is 16.2 Å². The molecule has 0 bridgehead atoms. The molecule has 19 heavy (non-hydrogen) atoms. The van der Waals surface area contributed by atoms with E-state index in [1.807, 2.05) is 31.2 Å². The quantitative estimate of drug-likeness (QED) is 0.794. The Hall–Kier alpha value is -1.40. The summed E-state index contributed by atoms with van der Waals surface area (Å²) >= 11 is 4.68. The van der Waals surface area contributed by atoms with Crippen LogP contribution in [0.15, 0.2) is 28.2 Å². The molecule has 0 saturated carbocycles. The first-order valence-electron chi connectivity index (χ1n) is 5.64. The first kappa shape index (κ1) is 14.0. The highest BCUT2D eigenvalue weighted by Gasteiger charge is 2.21. The van der Waals surface area contributed by atoms with Gasteiger partial charge in [0.15, 0.2) is 9.61 Å². The lowest BCUT2D eigenvalue weighted by atomic mass is 10.1. The van der Waals surface area contributed by atoms with Gasteiger partial charge in [0.25, 0.3) is 0 Å². The van der Waals surface area contributed by atoms with Crippen molar-refractivity contribution in [3.8, 4) is 16.2 Å². The molecule has 0 aliphatic rings. The molecule has 4 nitrogen and oxygen atoms in total. The van der Waals surface area contributed by atoms with Gasteiger partial charge in [-0.05, 0) is 35.0 Å². The van der Waals surface area contributed by atoms with Crippen molar-refractivity contribution in [1.82, 2.24) is 4.98 Å². The molecule has 0 saturated heterocycles. The van der Waals surface area contributed by atoms with Gasteiger partial charge in [-0.25, -0.2) is 9.78 Å². The smallest absolute Gasteiger partial charge is 0.358 e. The van der Waals surface area contributed by atoms with Gasteiger partial charge in [-0.2, -0.15) is 0 Å². The summed E-state index contributed by atoms with van der Waals surface area (Å²) in [6.07, 6.45) is 0. The van der Waals surface area contributed by atoms with Crippen LogP contribution in [0.2, 0.25) is 0 Å². The Morgan fingerprint density at radius 2 is 2.16 bits per heavy atom. The molecule has 100 valence electrons. The summed E-state index contributed by atoms with van der Waals surface area (Å²) in [6.45, 7) is 2.48. The maximum absolute atomic E-state index is 11.8. The predicted molar refractivity (Wildman–Crippen MR) is 77.8 cm³/mol. The van der Waals surface area contributed by atoms with Gasteiger partial charge in [0.05, 0.1) is 18.6 Å². The zero-order chi connectivity index (χ0) is 13.8. The maximum Gasteiger partial charge on any atom is 0.358 e. The number of carbonyl (C=O) groups is 1. The zero-order valence-corrected chi connectivity index (χ0v) is 12.9. The first-order valence-corrected chi connectivity index (χ1v) is 7.25. The average Bonchev–Trinajstić information content (AvgIpc) is 2.81. The lowest BCUT2D eigenvalue weighted by Gasteiger charge is -2.09. The van der Waals surface area contributed by atoms with Gasteiger partial charge >= 0.3 is 5.97 Å². The molecule has 0 amide bonds. The molecule has 0 spiro atoms. The van der Waals surface area contributed by atoms with E-state index in [2.05, 4.69) is 20.9 Å². The number of aromatic nitrogens is 1. The molecular weight excluding hydrogens is 330 g/mol. The second kappa shape index (κ2) is 6.16. The van der Waals surface area contributed by atoms with Gasteiger partial charge < -0.3 is 9.47 Å². The fraction of sp³-hybridized carbons (Fsp3) is 0.231. The van der Waals surface area contributed by atoms with Crippen LogP contribution in [0, 0.1) is 0 Å². The average molecular weight is 342 g/mol. The third-order valence-corrected chi connectivity index (χ3v) is 3.95. The van der Waals surface area contributed by atoms with E-state index in [1.165, 1.54) is 18.4 Å². The van der Waals surface area contributed by atoms with E-state index in [4.69, 9.17) is 9.47 Å². The number of rotatable bonds is 4. The molecular formula is C13H12BrNO3S. The molecule has 0 fully saturated rings. The second-order valence-electron chi connectivity index (χ2n) is 3.57. The lowest BCUT2D eigenvalue weighted by Crippen LogP contribution is -2.03. The minimum absolute atomic E-state index is 0.298. The molecule has 0 aliphatic carbocycles. The summed E-state index contributed by atoms with van der Waals surface area (Å²) in [7, 11) is 1.34. The Balaban J connectivity index is 2.55. The number of thiazole rings is 1. The maximum atomic E-state index is 11.8. The highest BCUT2D eigenvalue weighted by Crippen LogP contribution is 2.38. The van der Waals surface area contributed by atoms with Crippen molar-refractivity contribution < 1.29 is 14.3 Å². The van der Waals surface area contributed by atoms with Gasteiger partial charge in [-0.1, -0.05) is 12.1 Å². The standard InChI is InChI=1S/C13H12BrNO3S/c1-3-18-9-7-5-4-6-8(9)11-10(12(16)17-2)15-13(14)19-11/h4-7H,3H2,1-2H3. The van der Waals surface area contributed by atoms with Crippen LogP contribution in [0.5, 0.6) is 5.75 Å². The Morgan fingerprint density at radius 3 is 2.84 bits per heavy atom. The number of benzene rings is 1. The Kier molecular flexibility index (Phi) is 4.55. The van der Waals surface area contributed by atoms with E-state index < -0.39 is 5.97 Å². The van der Waals surface area contributed by atoms with Crippen LogP contribution in [0.25, 0.3) is 10.4 Å². The van der Waals surface area contributed by atoms with E-state index >= 15 is 0 Å². The molecule has 2 rings (SSSR count). The highest BCUT2D eigenvalue weighted by molar-refractivity contribution is 9.11. The van der Waals surface area contributed by atoms with Crippen molar-refractivity contribution in [1.29, 1.82) is 0 Å². The van der Waals surface area contributed by atoms with Crippen molar-refractivity contribution in [2.45, 2.75) is 6.92 Å². The zero-order valence-electron chi connectivity index (χ0n) is 10.5. The third-order valence-electron chi connectivity index (χ3n) is 2.41. The summed E-state index contributed by atoms with van der Waals surface area (Å²) in [6, 6.07) is 7.56. The molecule has 0 unspecified atom stereocenters. The van der Waals surface area contributed by atoms with E-state index in [-0.39, 0.29) is 0 Å². The topological polar surface area (TPSA) is 48.4 Å². The predicted octanol–water partition coefficient (Wildman–Crippen LogP) is 3.76. The Labute approximate surface area is 123 Å². The molecule has 0 aliphatic heterocycles. The SMILES string of the molecule is CCOc1ccccc1-c1sc(Br)nc1C(=O)OC. The van der Waals surface area contributed by atoms with Crippen LogP contribution in [-0.4, -0.2) is 24.7 Å². The summed E-state index contributed by atoms with van der Waals surface area (Å²) in [4.78, 5) is 16.7. The molecule has 0 radical (unpaired) electrons. The van der Waals surface area contributed by atoms with Crippen molar-refractivity contribution in [3.63, 3.8) is 0 Å². The minimum Gasteiger partial charge on any atom is -0.493 e. The van der Waals surface area contributed by atoms with E-state index in [1.54, 1.807) is 0 Å². The number of halogens is 1. The molecule has 1 heterocycles. The Bertz CT molecular complexity index is 597. The monoisotopic (exact) mass is 341 g/mol. The van der Waals surface area contributed by atoms with Crippen molar-refractivity contribution in [2.75, 3.05) is 13.7 Å². The van der Waals surface area contributed by atoms with Crippen LogP contribution in [0.1, 0.15) is 17.4 Å². The van der Waals surface area contributed by atoms with Crippen LogP contribution >= 0.6 is 27.3 Å². The van der Waals surface area contributed by atoms with Gasteiger partial charge in [0.2, 0.25) is 0 Å². The number of nitrogens with zero attached hydrogens (tertiary/aromatic N) is 1. The Morgan fingerprint density at radius 1 is 1.42 bits per heavy atom. The van der Waals surface area contributed by atoms with Crippen LogP contribution in [0.3, 0.4) is 0 Å². The summed E-state index contributed by atoms with van der Waals surface area (Å²) in [5, 5.41) is 0.